The number of terminal acetylenes is 1. The van der Waals surface area contributed by atoms with Gasteiger partial charge in [-0.05, 0) is 71.0 Å². The first-order valence-corrected chi connectivity index (χ1v) is 11.2. The number of hydrogen-bond donors (Lipinski definition) is 0. The molecule has 2 aromatic carbocycles. The third kappa shape index (κ3) is 3.21. The molecule has 1 heterocycles. The SMILES string of the molecule is C#C/C=C(\C=C1/C(=C)C2=C=C=C(OC)C=C2C12c1cc(OC)ccc1Oc1ccc(OC)cc12)OC. The Morgan fingerprint density at radius 3 is 2.14 bits per heavy atom. The first-order chi connectivity index (χ1) is 17.5. The van der Waals surface area contributed by atoms with Crippen molar-refractivity contribution in [2.75, 3.05) is 28.4 Å². The van der Waals surface area contributed by atoms with Gasteiger partial charge in [-0.3, -0.25) is 0 Å². The third-order valence-corrected chi connectivity index (χ3v) is 6.66. The molecular weight excluding hydrogens is 452 g/mol. The van der Waals surface area contributed by atoms with E-state index in [2.05, 4.69) is 24.0 Å². The van der Waals surface area contributed by atoms with Crippen LogP contribution in [0.1, 0.15) is 11.1 Å². The summed E-state index contributed by atoms with van der Waals surface area (Å²) in [5.41, 5.74) is 10.5. The van der Waals surface area contributed by atoms with Gasteiger partial charge in [-0.25, -0.2) is 0 Å². The van der Waals surface area contributed by atoms with Gasteiger partial charge >= 0.3 is 0 Å². The minimum Gasteiger partial charge on any atom is -0.497 e. The van der Waals surface area contributed by atoms with Gasteiger partial charge in [0.05, 0.1) is 33.9 Å². The fourth-order valence-corrected chi connectivity index (χ4v) is 5.04. The highest BCUT2D eigenvalue weighted by atomic mass is 16.5. The summed E-state index contributed by atoms with van der Waals surface area (Å²) in [6, 6.07) is 11.5. The maximum Gasteiger partial charge on any atom is 0.170 e. The van der Waals surface area contributed by atoms with Crippen molar-refractivity contribution in [3.05, 3.63) is 118 Å². The van der Waals surface area contributed by atoms with Crippen molar-refractivity contribution in [3.63, 3.8) is 0 Å². The van der Waals surface area contributed by atoms with Crippen molar-refractivity contribution < 1.29 is 23.7 Å². The number of fused-ring (bicyclic) bond motifs is 6. The molecule has 2 aliphatic carbocycles. The fourth-order valence-electron chi connectivity index (χ4n) is 5.04. The molecule has 5 heteroatoms. The van der Waals surface area contributed by atoms with Crippen LogP contribution < -0.4 is 14.2 Å². The second kappa shape index (κ2) is 8.80. The zero-order valence-electron chi connectivity index (χ0n) is 20.5. The topological polar surface area (TPSA) is 46.2 Å². The second-order valence-corrected chi connectivity index (χ2v) is 8.28. The molecule has 0 N–H and O–H groups in total. The highest BCUT2D eigenvalue weighted by Gasteiger charge is 2.55. The molecule has 5 nitrogen and oxygen atoms in total. The van der Waals surface area contributed by atoms with Gasteiger partial charge in [0.2, 0.25) is 0 Å². The lowest BCUT2D eigenvalue weighted by atomic mass is 9.65. The molecule has 0 atom stereocenters. The van der Waals surface area contributed by atoms with Crippen molar-refractivity contribution in [2.24, 2.45) is 0 Å². The van der Waals surface area contributed by atoms with Gasteiger partial charge in [-0.15, -0.1) is 6.42 Å². The lowest BCUT2D eigenvalue weighted by Crippen LogP contribution is -2.33. The molecule has 1 saturated carbocycles. The van der Waals surface area contributed by atoms with E-state index in [9.17, 15) is 0 Å². The van der Waals surface area contributed by atoms with Gasteiger partial charge < -0.3 is 23.7 Å². The monoisotopic (exact) mass is 476 g/mol. The first kappa shape index (κ1) is 23.0. The lowest BCUT2D eigenvalue weighted by molar-refractivity contribution is 0.305. The molecule has 36 heavy (non-hydrogen) atoms. The van der Waals surface area contributed by atoms with E-state index >= 15 is 0 Å². The normalized spacial score (nSPS) is 17.6. The van der Waals surface area contributed by atoms with E-state index < -0.39 is 5.41 Å². The predicted octanol–water partition coefficient (Wildman–Crippen LogP) is 5.91. The molecule has 0 unspecified atom stereocenters. The molecule has 1 spiro atoms. The van der Waals surface area contributed by atoms with Crippen LogP contribution in [0, 0.1) is 12.3 Å². The fraction of sp³-hybridized carbons (Fsp3) is 0.161. The van der Waals surface area contributed by atoms with Crippen LogP contribution in [0.5, 0.6) is 23.0 Å². The van der Waals surface area contributed by atoms with E-state index in [1.807, 2.05) is 48.6 Å². The highest BCUT2D eigenvalue weighted by molar-refractivity contribution is 5.84. The molecule has 0 radical (unpaired) electrons. The molecule has 1 aliphatic heterocycles. The zero-order valence-corrected chi connectivity index (χ0v) is 20.5. The Balaban J connectivity index is 1.99. The summed E-state index contributed by atoms with van der Waals surface area (Å²) < 4.78 is 28.9. The Hall–Kier alpha value is -4.74. The Morgan fingerprint density at radius 1 is 0.972 bits per heavy atom. The van der Waals surface area contributed by atoms with E-state index in [4.69, 9.17) is 30.1 Å². The standard InChI is InChI=1S/C31H24O5/c1-7-8-20(32-3)15-25-19(2)24-12-9-21(33-4)16-26(24)31(25)27-17-22(34-5)10-13-29(27)36-30-14-11-23(35-6)18-28(30)31/h1,8,10-11,13-18H,2H2,3-6H3/b20-8+,25-15+. The van der Waals surface area contributed by atoms with Gasteiger partial charge in [0, 0.05) is 22.8 Å². The Bertz CT molecular complexity index is 1490. The van der Waals surface area contributed by atoms with Crippen molar-refractivity contribution in [3.8, 4) is 35.3 Å². The summed E-state index contributed by atoms with van der Waals surface area (Å²) in [4.78, 5) is 0. The Morgan fingerprint density at radius 2 is 1.61 bits per heavy atom. The van der Waals surface area contributed by atoms with Crippen LogP contribution in [0.15, 0.2) is 106 Å². The van der Waals surface area contributed by atoms with Gasteiger partial charge in [-0.2, -0.15) is 0 Å². The lowest BCUT2D eigenvalue weighted by Gasteiger charge is -2.40. The number of allylic oxidation sites excluding steroid dienone is 7. The van der Waals surface area contributed by atoms with Crippen LogP contribution in [-0.2, 0) is 14.9 Å². The summed E-state index contributed by atoms with van der Waals surface area (Å²) in [6.45, 7) is 4.46. The average Bonchev–Trinajstić information content (AvgIpc) is 3.15. The van der Waals surface area contributed by atoms with Crippen LogP contribution >= 0.6 is 0 Å². The predicted molar refractivity (Wildman–Crippen MR) is 137 cm³/mol. The van der Waals surface area contributed by atoms with Crippen molar-refractivity contribution in [1.29, 1.82) is 0 Å². The maximum atomic E-state index is 6.40. The molecule has 0 saturated heterocycles. The number of benzene rings is 2. The van der Waals surface area contributed by atoms with Crippen molar-refractivity contribution in [1.82, 2.24) is 0 Å². The average molecular weight is 477 g/mol. The van der Waals surface area contributed by atoms with Crippen LogP contribution in [-0.4, -0.2) is 28.4 Å². The van der Waals surface area contributed by atoms with E-state index in [1.165, 1.54) is 0 Å². The van der Waals surface area contributed by atoms with Crippen molar-refractivity contribution >= 4 is 0 Å². The zero-order chi connectivity index (χ0) is 25.4. The van der Waals surface area contributed by atoms with E-state index in [0.29, 0.717) is 34.5 Å². The maximum absolute atomic E-state index is 6.40. The minimum absolute atomic E-state index is 0.511. The molecule has 0 aromatic heterocycles. The number of ether oxygens (including phenoxy) is 5. The van der Waals surface area contributed by atoms with Crippen LogP contribution in [0.25, 0.3) is 0 Å². The molecule has 0 bridgehead atoms. The van der Waals surface area contributed by atoms with Gasteiger partial charge in [-0.1, -0.05) is 18.2 Å². The molecule has 1 fully saturated rings. The molecule has 178 valence electrons. The van der Waals surface area contributed by atoms with Gasteiger partial charge in [0.25, 0.3) is 0 Å². The summed E-state index contributed by atoms with van der Waals surface area (Å²) in [7, 11) is 6.46. The van der Waals surface area contributed by atoms with E-state index in [-0.39, 0.29) is 0 Å². The van der Waals surface area contributed by atoms with Crippen LogP contribution in [0.4, 0.5) is 0 Å². The van der Waals surface area contributed by atoms with E-state index in [0.717, 1.165) is 33.4 Å². The molecular formula is C31H24O5. The van der Waals surface area contributed by atoms with Crippen molar-refractivity contribution in [2.45, 2.75) is 5.41 Å². The number of methoxy groups -OCH3 is 4. The molecule has 0 amide bonds. The van der Waals surface area contributed by atoms with E-state index in [1.54, 1.807) is 34.5 Å². The smallest absolute Gasteiger partial charge is 0.170 e. The Kier molecular flexibility index (Phi) is 5.63. The minimum atomic E-state index is -0.885. The molecule has 5 rings (SSSR count). The second-order valence-electron chi connectivity index (χ2n) is 8.28. The van der Waals surface area contributed by atoms with Crippen LogP contribution in [0.3, 0.4) is 0 Å². The number of hydrogen-bond acceptors (Lipinski definition) is 5. The van der Waals surface area contributed by atoms with Gasteiger partial charge in [0.1, 0.15) is 28.8 Å². The third-order valence-electron chi connectivity index (χ3n) is 6.66. The number of rotatable bonds is 5. The summed E-state index contributed by atoms with van der Waals surface area (Å²) in [5, 5.41) is 0. The quantitative estimate of drug-likeness (QED) is 0.305. The first-order valence-electron chi connectivity index (χ1n) is 11.2. The van der Waals surface area contributed by atoms with Crippen LogP contribution in [0.2, 0.25) is 0 Å². The summed E-state index contributed by atoms with van der Waals surface area (Å²) >= 11 is 0. The molecule has 3 aliphatic rings. The largest absolute Gasteiger partial charge is 0.497 e. The summed E-state index contributed by atoms with van der Waals surface area (Å²) in [5.74, 6) is 6.36. The summed E-state index contributed by atoms with van der Waals surface area (Å²) in [6.07, 6.45) is 11.1. The van der Waals surface area contributed by atoms with Gasteiger partial charge in [0.15, 0.2) is 5.76 Å². The molecule has 2 aromatic rings. The Labute approximate surface area is 210 Å². The highest BCUT2D eigenvalue weighted by Crippen LogP contribution is 2.65.